The maximum Gasteiger partial charge on any atom is 0.131 e. The van der Waals surface area contributed by atoms with Crippen LogP contribution in [0.2, 0.25) is 0 Å². The summed E-state index contributed by atoms with van der Waals surface area (Å²) in [5.74, 6) is 1.72. The Morgan fingerprint density at radius 2 is 2.00 bits per heavy atom. The van der Waals surface area contributed by atoms with Crippen LogP contribution < -0.4 is 10.6 Å². The quantitative estimate of drug-likeness (QED) is 0.777. The van der Waals surface area contributed by atoms with Crippen LogP contribution in [-0.2, 0) is 4.74 Å². The Kier molecular flexibility index (Phi) is 4.36. The molecule has 0 bridgehead atoms. The first kappa shape index (κ1) is 13.1. The number of ether oxygens (including phenoxy) is 1. The molecule has 0 aliphatic heterocycles. The number of rotatable bonds is 7. The number of methoxy groups -OCH3 is 1. The van der Waals surface area contributed by atoms with Crippen LogP contribution in [-0.4, -0.2) is 35.8 Å². The van der Waals surface area contributed by atoms with Gasteiger partial charge in [-0.15, -0.1) is 0 Å². The number of hydrogen-bond donors (Lipinski definition) is 2. The van der Waals surface area contributed by atoms with Gasteiger partial charge in [-0.3, -0.25) is 0 Å². The molecule has 0 unspecified atom stereocenters. The van der Waals surface area contributed by atoms with E-state index in [0.29, 0.717) is 0 Å². The minimum absolute atomic E-state index is 0.0158. The third kappa shape index (κ3) is 3.10. The molecule has 2 rings (SSSR count). The number of anilines is 2. The lowest BCUT2D eigenvalue weighted by atomic mass is 9.80. The van der Waals surface area contributed by atoms with E-state index in [-0.39, 0.29) is 5.60 Å². The number of nitrogens with zero attached hydrogens (tertiary/aromatic N) is 2. The van der Waals surface area contributed by atoms with E-state index in [1.165, 1.54) is 6.42 Å². The Labute approximate surface area is 108 Å². The van der Waals surface area contributed by atoms with E-state index in [2.05, 4.69) is 27.5 Å². The third-order valence-electron chi connectivity index (χ3n) is 3.51. The van der Waals surface area contributed by atoms with Gasteiger partial charge in [0, 0.05) is 26.3 Å². The molecule has 100 valence electrons. The summed E-state index contributed by atoms with van der Waals surface area (Å²) in [7, 11) is 1.79. The van der Waals surface area contributed by atoms with E-state index < -0.39 is 0 Å². The fourth-order valence-corrected chi connectivity index (χ4v) is 2.08. The molecule has 1 aromatic rings. The second kappa shape index (κ2) is 6.00. The van der Waals surface area contributed by atoms with Gasteiger partial charge in [0.25, 0.3) is 0 Å². The molecule has 5 nitrogen and oxygen atoms in total. The highest BCUT2D eigenvalue weighted by Gasteiger charge is 2.36. The molecule has 1 aliphatic carbocycles. The van der Waals surface area contributed by atoms with Gasteiger partial charge in [-0.25, -0.2) is 9.97 Å². The van der Waals surface area contributed by atoms with Crippen molar-refractivity contribution in [3.05, 3.63) is 12.4 Å². The lowest BCUT2D eigenvalue weighted by Gasteiger charge is -2.40. The molecule has 0 amide bonds. The molecular weight excluding hydrogens is 228 g/mol. The summed E-state index contributed by atoms with van der Waals surface area (Å²) >= 11 is 0. The second-order valence-corrected chi connectivity index (χ2v) is 4.81. The van der Waals surface area contributed by atoms with Crippen LogP contribution in [0.5, 0.6) is 0 Å². The van der Waals surface area contributed by atoms with Gasteiger partial charge in [0.05, 0.1) is 5.60 Å². The van der Waals surface area contributed by atoms with Crippen molar-refractivity contribution < 1.29 is 4.74 Å². The zero-order valence-electron chi connectivity index (χ0n) is 11.2. The first-order chi connectivity index (χ1) is 8.78. The Morgan fingerprint density at radius 1 is 1.28 bits per heavy atom. The van der Waals surface area contributed by atoms with Crippen molar-refractivity contribution in [2.45, 2.75) is 38.2 Å². The van der Waals surface area contributed by atoms with Crippen molar-refractivity contribution in [2.75, 3.05) is 30.8 Å². The standard InChI is InChI=1S/C13H22N4O/c1-3-7-14-11-8-12(17-10-16-11)15-9-13(18-2)5-4-6-13/h8,10H,3-7,9H2,1-2H3,(H2,14,15,16,17). The van der Waals surface area contributed by atoms with Crippen LogP contribution >= 0.6 is 0 Å². The summed E-state index contributed by atoms with van der Waals surface area (Å²) in [6.07, 6.45) is 6.17. The molecule has 18 heavy (non-hydrogen) atoms. The summed E-state index contributed by atoms with van der Waals surface area (Å²) in [5, 5.41) is 6.59. The van der Waals surface area contributed by atoms with Gasteiger partial charge in [-0.1, -0.05) is 6.92 Å². The molecule has 1 aromatic heterocycles. The van der Waals surface area contributed by atoms with Crippen LogP contribution in [0.15, 0.2) is 12.4 Å². The topological polar surface area (TPSA) is 59.1 Å². The molecule has 0 aromatic carbocycles. The molecule has 1 saturated carbocycles. The fourth-order valence-electron chi connectivity index (χ4n) is 2.08. The Bertz CT molecular complexity index is 373. The summed E-state index contributed by atoms with van der Waals surface area (Å²) in [5.41, 5.74) is 0.0158. The average Bonchev–Trinajstić information content (AvgIpc) is 2.36. The summed E-state index contributed by atoms with van der Waals surface area (Å²) in [4.78, 5) is 8.41. The molecule has 2 N–H and O–H groups in total. The van der Waals surface area contributed by atoms with Crippen molar-refractivity contribution >= 4 is 11.6 Å². The highest BCUT2D eigenvalue weighted by Crippen LogP contribution is 2.34. The summed E-state index contributed by atoms with van der Waals surface area (Å²) in [6.45, 7) is 3.87. The smallest absolute Gasteiger partial charge is 0.131 e. The minimum Gasteiger partial charge on any atom is -0.376 e. The lowest BCUT2D eigenvalue weighted by Crippen LogP contribution is -2.45. The summed E-state index contributed by atoms with van der Waals surface area (Å²) < 4.78 is 5.57. The predicted molar refractivity (Wildman–Crippen MR) is 72.9 cm³/mol. The van der Waals surface area contributed by atoms with Gasteiger partial charge in [-0.2, -0.15) is 0 Å². The van der Waals surface area contributed by atoms with Crippen LogP contribution in [0.3, 0.4) is 0 Å². The predicted octanol–water partition coefficient (Wildman–Crippen LogP) is 2.28. The summed E-state index contributed by atoms with van der Waals surface area (Å²) in [6, 6.07) is 1.94. The number of hydrogen-bond acceptors (Lipinski definition) is 5. The van der Waals surface area contributed by atoms with Gasteiger partial charge in [0.15, 0.2) is 0 Å². The van der Waals surface area contributed by atoms with Crippen molar-refractivity contribution in [3.8, 4) is 0 Å². The molecule has 1 aliphatic rings. The fraction of sp³-hybridized carbons (Fsp3) is 0.692. The average molecular weight is 250 g/mol. The van der Waals surface area contributed by atoms with E-state index in [0.717, 1.165) is 44.0 Å². The molecule has 0 saturated heterocycles. The Hall–Kier alpha value is -1.36. The van der Waals surface area contributed by atoms with E-state index in [1.807, 2.05) is 6.07 Å². The van der Waals surface area contributed by atoms with E-state index >= 15 is 0 Å². The van der Waals surface area contributed by atoms with Gasteiger partial charge >= 0.3 is 0 Å². The lowest BCUT2D eigenvalue weighted by molar-refractivity contribution is -0.0601. The van der Waals surface area contributed by atoms with Crippen molar-refractivity contribution in [1.29, 1.82) is 0 Å². The molecule has 5 heteroatoms. The van der Waals surface area contributed by atoms with E-state index in [4.69, 9.17) is 4.74 Å². The van der Waals surface area contributed by atoms with Crippen LogP contribution in [0.1, 0.15) is 32.6 Å². The third-order valence-corrected chi connectivity index (χ3v) is 3.51. The maximum atomic E-state index is 5.57. The molecule has 0 spiro atoms. The largest absolute Gasteiger partial charge is 0.376 e. The second-order valence-electron chi connectivity index (χ2n) is 4.81. The Morgan fingerprint density at radius 3 is 2.56 bits per heavy atom. The van der Waals surface area contributed by atoms with Crippen LogP contribution in [0.25, 0.3) is 0 Å². The van der Waals surface area contributed by atoms with Crippen molar-refractivity contribution in [2.24, 2.45) is 0 Å². The Balaban J connectivity index is 1.88. The first-order valence-electron chi connectivity index (χ1n) is 6.63. The van der Waals surface area contributed by atoms with Crippen molar-refractivity contribution in [3.63, 3.8) is 0 Å². The van der Waals surface area contributed by atoms with Gasteiger partial charge in [0.1, 0.15) is 18.0 Å². The zero-order valence-corrected chi connectivity index (χ0v) is 11.2. The number of aromatic nitrogens is 2. The van der Waals surface area contributed by atoms with E-state index in [9.17, 15) is 0 Å². The van der Waals surface area contributed by atoms with Gasteiger partial charge in [0.2, 0.25) is 0 Å². The highest BCUT2D eigenvalue weighted by atomic mass is 16.5. The molecule has 0 atom stereocenters. The normalized spacial score (nSPS) is 17.0. The zero-order chi connectivity index (χ0) is 12.8. The molecular formula is C13H22N4O. The van der Waals surface area contributed by atoms with Crippen LogP contribution in [0.4, 0.5) is 11.6 Å². The molecule has 1 heterocycles. The number of nitrogens with one attached hydrogen (secondary N) is 2. The SMILES string of the molecule is CCCNc1cc(NCC2(OC)CCC2)ncn1. The van der Waals surface area contributed by atoms with E-state index in [1.54, 1.807) is 13.4 Å². The van der Waals surface area contributed by atoms with Gasteiger partial charge < -0.3 is 15.4 Å². The monoisotopic (exact) mass is 250 g/mol. The van der Waals surface area contributed by atoms with Crippen LogP contribution in [0, 0.1) is 0 Å². The first-order valence-corrected chi connectivity index (χ1v) is 6.63. The molecule has 1 fully saturated rings. The van der Waals surface area contributed by atoms with Crippen molar-refractivity contribution in [1.82, 2.24) is 9.97 Å². The molecule has 0 radical (unpaired) electrons. The minimum atomic E-state index is 0.0158. The van der Waals surface area contributed by atoms with Gasteiger partial charge in [-0.05, 0) is 25.7 Å². The highest BCUT2D eigenvalue weighted by molar-refractivity contribution is 5.46. The maximum absolute atomic E-state index is 5.57.